The lowest BCUT2D eigenvalue weighted by molar-refractivity contribution is -0.141. The van der Waals surface area contributed by atoms with Crippen molar-refractivity contribution in [2.75, 3.05) is 11.9 Å². The molecular weight excluding hydrogens is 400 g/mol. The van der Waals surface area contributed by atoms with Crippen LogP contribution in [0, 0.1) is 0 Å². The fourth-order valence-corrected chi connectivity index (χ4v) is 4.73. The highest BCUT2D eigenvalue weighted by atomic mass is 16.2. The molecule has 6 heteroatoms. The van der Waals surface area contributed by atoms with Crippen LogP contribution in [0.1, 0.15) is 49.5 Å². The molecule has 1 aromatic heterocycles. The van der Waals surface area contributed by atoms with E-state index in [4.69, 9.17) is 4.98 Å². The summed E-state index contributed by atoms with van der Waals surface area (Å²) < 4.78 is 2.23. The molecule has 1 saturated heterocycles. The van der Waals surface area contributed by atoms with E-state index in [1.54, 1.807) is 4.90 Å². The number of imidazole rings is 1. The molecule has 6 nitrogen and oxygen atoms in total. The Balaban J connectivity index is 1.40. The minimum atomic E-state index is -0.632. The summed E-state index contributed by atoms with van der Waals surface area (Å²) in [7, 11) is 0. The Bertz CT molecular complexity index is 1100. The number of hydrogen-bond acceptors (Lipinski definition) is 3. The van der Waals surface area contributed by atoms with Gasteiger partial charge >= 0.3 is 0 Å². The van der Waals surface area contributed by atoms with Gasteiger partial charge in [-0.25, -0.2) is 4.98 Å². The van der Waals surface area contributed by atoms with Crippen LogP contribution in [-0.2, 0) is 22.6 Å². The van der Waals surface area contributed by atoms with Gasteiger partial charge in [0.05, 0.1) is 5.69 Å². The molecule has 3 aromatic rings. The van der Waals surface area contributed by atoms with Crippen LogP contribution >= 0.6 is 0 Å². The maximum Gasteiger partial charge on any atom is 0.251 e. The topological polar surface area (TPSA) is 67.2 Å². The highest BCUT2D eigenvalue weighted by Crippen LogP contribution is 2.29. The predicted octanol–water partition coefficient (Wildman–Crippen LogP) is 4.58. The van der Waals surface area contributed by atoms with Gasteiger partial charge in [-0.05, 0) is 43.4 Å². The van der Waals surface area contributed by atoms with Gasteiger partial charge < -0.3 is 14.8 Å². The number of piperidine rings is 1. The minimum absolute atomic E-state index is 0.0394. The van der Waals surface area contributed by atoms with Crippen LogP contribution in [0.2, 0.25) is 0 Å². The zero-order valence-corrected chi connectivity index (χ0v) is 18.2. The number of hydrogen-bond donors (Lipinski definition) is 1. The summed E-state index contributed by atoms with van der Waals surface area (Å²) in [6.45, 7) is 1.62. The lowest BCUT2D eigenvalue weighted by Crippen LogP contribution is -2.43. The van der Waals surface area contributed by atoms with Crippen LogP contribution in [0.4, 0.5) is 5.69 Å². The standard InChI is InChI=1S/C26H28N4O2/c31-24-14-5-7-16-30(24)25(19-9-2-1-3-10-19)26(32)27-21-12-8-11-20(17-21)22-18-29-15-6-4-13-23(29)28-22/h1-3,8-12,17-18,25H,4-7,13-16H2,(H,27,32). The molecule has 2 aliphatic rings. The number of anilines is 1. The van der Waals surface area contributed by atoms with Gasteiger partial charge in [0.15, 0.2) is 0 Å². The number of aryl methyl sites for hydroxylation is 2. The summed E-state index contributed by atoms with van der Waals surface area (Å²) in [5, 5.41) is 3.06. The molecule has 1 N–H and O–H groups in total. The summed E-state index contributed by atoms with van der Waals surface area (Å²) in [6, 6.07) is 16.7. The van der Waals surface area contributed by atoms with Gasteiger partial charge in [-0.15, -0.1) is 0 Å². The van der Waals surface area contributed by atoms with Gasteiger partial charge in [-0.2, -0.15) is 0 Å². The van der Waals surface area contributed by atoms with Crippen molar-refractivity contribution in [3.05, 3.63) is 72.2 Å². The third-order valence-corrected chi connectivity index (χ3v) is 6.37. The van der Waals surface area contributed by atoms with Crippen molar-refractivity contribution in [3.63, 3.8) is 0 Å². The van der Waals surface area contributed by atoms with Crippen molar-refractivity contribution in [1.82, 2.24) is 14.5 Å². The molecule has 0 aliphatic carbocycles. The second-order valence-electron chi connectivity index (χ2n) is 8.62. The Hall–Kier alpha value is -3.41. The number of likely N-dealkylation sites (tertiary alicyclic amines) is 1. The molecule has 0 bridgehead atoms. The third kappa shape index (κ3) is 4.17. The van der Waals surface area contributed by atoms with Crippen LogP contribution in [0.25, 0.3) is 11.3 Å². The van der Waals surface area contributed by atoms with Crippen LogP contribution in [0.5, 0.6) is 0 Å². The van der Waals surface area contributed by atoms with Crippen LogP contribution in [-0.4, -0.2) is 32.8 Å². The summed E-state index contributed by atoms with van der Waals surface area (Å²) >= 11 is 0. The van der Waals surface area contributed by atoms with Crippen molar-refractivity contribution < 1.29 is 9.59 Å². The number of amides is 2. The molecule has 0 spiro atoms. The maximum absolute atomic E-state index is 13.4. The molecule has 164 valence electrons. The molecule has 32 heavy (non-hydrogen) atoms. The van der Waals surface area contributed by atoms with E-state index < -0.39 is 6.04 Å². The zero-order valence-electron chi connectivity index (χ0n) is 18.2. The number of nitrogens with one attached hydrogen (secondary N) is 1. The Morgan fingerprint density at radius 3 is 2.56 bits per heavy atom. The molecule has 0 saturated carbocycles. The second kappa shape index (κ2) is 8.99. The lowest BCUT2D eigenvalue weighted by atomic mass is 10.00. The van der Waals surface area contributed by atoms with Crippen LogP contribution in [0.15, 0.2) is 60.8 Å². The second-order valence-corrected chi connectivity index (χ2v) is 8.62. The number of carbonyl (C=O) groups is 2. The number of fused-ring (bicyclic) bond motifs is 1. The largest absolute Gasteiger partial charge is 0.334 e. The van der Waals surface area contributed by atoms with Crippen molar-refractivity contribution in [3.8, 4) is 11.3 Å². The number of carbonyl (C=O) groups excluding carboxylic acids is 2. The van der Waals surface area contributed by atoms with E-state index in [-0.39, 0.29) is 11.8 Å². The Kier molecular flexibility index (Phi) is 5.75. The summed E-state index contributed by atoms with van der Waals surface area (Å²) in [5.74, 6) is 0.985. The average Bonchev–Trinajstić information content (AvgIpc) is 3.26. The highest BCUT2D eigenvalue weighted by molar-refractivity contribution is 5.98. The first-order chi connectivity index (χ1) is 15.7. The van der Waals surface area contributed by atoms with E-state index in [9.17, 15) is 9.59 Å². The molecule has 1 fully saturated rings. The molecule has 5 rings (SSSR count). The molecule has 3 heterocycles. The molecule has 1 atom stereocenters. The van der Waals surface area contributed by atoms with Crippen LogP contribution < -0.4 is 5.32 Å². The maximum atomic E-state index is 13.4. The van der Waals surface area contributed by atoms with Gasteiger partial charge in [0.25, 0.3) is 5.91 Å². The first-order valence-corrected chi connectivity index (χ1v) is 11.5. The van der Waals surface area contributed by atoms with Gasteiger partial charge in [0.1, 0.15) is 11.9 Å². The van der Waals surface area contributed by atoms with E-state index in [1.807, 2.05) is 54.6 Å². The number of benzene rings is 2. The molecule has 1 unspecified atom stereocenters. The van der Waals surface area contributed by atoms with Crippen molar-refractivity contribution in [1.29, 1.82) is 0 Å². The first-order valence-electron chi connectivity index (χ1n) is 11.5. The third-order valence-electron chi connectivity index (χ3n) is 6.37. The van der Waals surface area contributed by atoms with Crippen molar-refractivity contribution in [2.24, 2.45) is 0 Å². The van der Waals surface area contributed by atoms with E-state index in [1.165, 1.54) is 12.8 Å². The molecular formula is C26H28N4O2. The SMILES string of the molecule is O=C(Nc1cccc(-c2cn3c(n2)CCCC3)c1)C(c1ccccc1)N1CCCCC1=O. The number of rotatable bonds is 5. The molecule has 0 radical (unpaired) electrons. The van der Waals surface area contributed by atoms with Crippen molar-refractivity contribution >= 4 is 17.5 Å². The fraction of sp³-hybridized carbons (Fsp3) is 0.346. The Morgan fingerprint density at radius 1 is 0.938 bits per heavy atom. The summed E-state index contributed by atoms with van der Waals surface area (Å²) in [4.78, 5) is 32.6. The van der Waals surface area contributed by atoms with E-state index in [0.717, 1.165) is 48.5 Å². The average molecular weight is 429 g/mol. The summed E-state index contributed by atoms with van der Waals surface area (Å²) in [5.41, 5.74) is 3.46. The Morgan fingerprint density at radius 2 is 1.75 bits per heavy atom. The first kappa shape index (κ1) is 20.5. The normalized spacial score (nSPS) is 17.0. The number of nitrogens with zero attached hydrogens (tertiary/aromatic N) is 3. The Labute approximate surface area is 188 Å². The van der Waals surface area contributed by atoms with E-state index in [2.05, 4.69) is 16.1 Å². The van der Waals surface area contributed by atoms with Gasteiger partial charge in [-0.3, -0.25) is 9.59 Å². The predicted molar refractivity (Wildman–Crippen MR) is 124 cm³/mol. The quantitative estimate of drug-likeness (QED) is 0.647. The van der Waals surface area contributed by atoms with Gasteiger partial charge in [0, 0.05) is 43.4 Å². The monoisotopic (exact) mass is 428 g/mol. The smallest absolute Gasteiger partial charge is 0.251 e. The number of aromatic nitrogens is 2. The molecule has 2 amide bonds. The fourth-order valence-electron chi connectivity index (χ4n) is 4.73. The lowest BCUT2D eigenvalue weighted by Gasteiger charge is -2.34. The summed E-state index contributed by atoms with van der Waals surface area (Å²) in [6.07, 6.45) is 7.79. The van der Waals surface area contributed by atoms with Gasteiger partial charge in [-0.1, -0.05) is 42.5 Å². The van der Waals surface area contributed by atoms with E-state index in [0.29, 0.717) is 18.7 Å². The van der Waals surface area contributed by atoms with Crippen LogP contribution in [0.3, 0.4) is 0 Å². The highest BCUT2D eigenvalue weighted by Gasteiger charge is 2.32. The minimum Gasteiger partial charge on any atom is -0.334 e. The molecule has 2 aromatic carbocycles. The van der Waals surface area contributed by atoms with E-state index >= 15 is 0 Å². The molecule has 2 aliphatic heterocycles. The van der Waals surface area contributed by atoms with Gasteiger partial charge in [0.2, 0.25) is 5.91 Å². The van der Waals surface area contributed by atoms with Crippen molar-refractivity contribution in [2.45, 2.75) is 51.1 Å². The zero-order chi connectivity index (χ0) is 21.9.